The molecule has 3 aromatic rings. The van der Waals surface area contributed by atoms with E-state index in [4.69, 9.17) is 27.9 Å². The Morgan fingerprint density at radius 3 is 2.38 bits per heavy atom. The van der Waals surface area contributed by atoms with Crippen molar-refractivity contribution >= 4 is 64.0 Å². The van der Waals surface area contributed by atoms with Crippen LogP contribution in [0.4, 0.5) is 17.1 Å². The summed E-state index contributed by atoms with van der Waals surface area (Å²) in [6.45, 7) is 3.68. The minimum atomic E-state index is -0.748. The van der Waals surface area contributed by atoms with E-state index < -0.39 is 17.8 Å². The summed E-state index contributed by atoms with van der Waals surface area (Å²) < 4.78 is 4.99. The molecule has 37 heavy (non-hydrogen) atoms. The van der Waals surface area contributed by atoms with Gasteiger partial charge in [0.15, 0.2) is 0 Å². The molecular formula is C27H21Cl2N3O5. The number of anilines is 3. The van der Waals surface area contributed by atoms with Crippen LogP contribution in [-0.2, 0) is 14.3 Å². The molecule has 0 saturated heterocycles. The Hall–Kier alpha value is -4.14. The number of carbonyl (C=O) groups is 4. The number of carbonyl (C=O) groups excluding carboxylic acids is 4. The fourth-order valence-electron chi connectivity index (χ4n) is 3.68. The monoisotopic (exact) mass is 537 g/mol. The fraction of sp³-hybridized carbons (Fsp3) is 0.111. The molecule has 2 N–H and O–H groups in total. The summed E-state index contributed by atoms with van der Waals surface area (Å²) in [6, 6.07) is 17.4. The summed E-state index contributed by atoms with van der Waals surface area (Å²) in [5.41, 5.74) is 2.29. The van der Waals surface area contributed by atoms with Crippen LogP contribution in [0.15, 0.2) is 77.5 Å². The minimum Gasteiger partial charge on any atom is -0.462 e. The quantitative estimate of drug-likeness (QED) is 0.304. The largest absolute Gasteiger partial charge is 0.462 e. The molecule has 0 radical (unpaired) electrons. The van der Waals surface area contributed by atoms with Crippen LogP contribution in [0, 0.1) is 6.92 Å². The highest BCUT2D eigenvalue weighted by Crippen LogP contribution is 2.31. The Bertz CT molecular complexity index is 1470. The lowest BCUT2D eigenvalue weighted by atomic mass is 10.1. The van der Waals surface area contributed by atoms with Gasteiger partial charge in [-0.05, 0) is 74.0 Å². The van der Waals surface area contributed by atoms with Crippen molar-refractivity contribution in [2.24, 2.45) is 0 Å². The number of halogens is 2. The first kappa shape index (κ1) is 25.9. The molecule has 0 aromatic heterocycles. The zero-order chi connectivity index (χ0) is 26.7. The number of hydrogen-bond acceptors (Lipinski definition) is 6. The van der Waals surface area contributed by atoms with E-state index in [1.54, 1.807) is 43.3 Å². The van der Waals surface area contributed by atoms with E-state index in [9.17, 15) is 19.2 Å². The highest BCUT2D eigenvalue weighted by Gasteiger charge is 2.39. The van der Waals surface area contributed by atoms with Gasteiger partial charge < -0.3 is 15.4 Å². The first-order valence-corrected chi connectivity index (χ1v) is 12.0. The smallest absolute Gasteiger partial charge is 0.338 e. The molecule has 1 heterocycles. The number of benzene rings is 3. The first-order chi connectivity index (χ1) is 17.7. The summed E-state index contributed by atoms with van der Waals surface area (Å²) in [7, 11) is 0. The summed E-state index contributed by atoms with van der Waals surface area (Å²) in [4.78, 5) is 51.8. The van der Waals surface area contributed by atoms with Crippen molar-refractivity contribution in [2.45, 2.75) is 13.8 Å². The number of nitrogens with zero attached hydrogens (tertiary/aromatic N) is 1. The molecule has 3 aromatic carbocycles. The topological polar surface area (TPSA) is 105 Å². The van der Waals surface area contributed by atoms with Gasteiger partial charge in [0, 0.05) is 22.0 Å². The highest BCUT2D eigenvalue weighted by molar-refractivity contribution is 6.53. The normalized spacial score (nSPS) is 13.1. The van der Waals surface area contributed by atoms with E-state index in [0.717, 1.165) is 10.5 Å². The van der Waals surface area contributed by atoms with Gasteiger partial charge in [-0.1, -0.05) is 35.3 Å². The third-order valence-electron chi connectivity index (χ3n) is 5.47. The van der Waals surface area contributed by atoms with Crippen molar-refractivity contribution in [3.63, 3.8) is 0 Å². The molecule has 1 aliphatic heterocycles. The van der Waals surface area contributed by atoms with E-state index in [1.165, 1.54) is 30.3 Å². The lowest BCUT2D eigenvalue weighted by molar-refractivity contribution is -0.120. The second-order valence-corrected chi connectivity index (χ2v) is 8.84. The highest BCUT2D eigenvalue weighted by atomic mass is 35.5. The minimum absolute atomic E-state index is 0.153. The van der Waals surface area contributed by atoms with Crippen LogP contribution in [0.5, 0.6) is 0 Å². The van der Waals surface area contributed by atoms with Gasteiger partial charge in [-0.15, -0.1) is 0 Å². The van der Waals surface area contributed by atoms with Gasteiger partial charge >= 0.3 is 5.97 Å². The van der Waals surface area contributed by atoms with E-state index in [1.807, 2.05) is 6.92 Å². The molecule has 0 fully saturated rings. The molecule has 0 spiro atoms. The van der Waals surface area contributed by atoms with Crippen molar-refractivity contribution in [3.05, 3.63) is 99.2 Å². The number of amides is 3. The van der Waals surface area contributed by atoms with Crippen molar-refractivity contribution in [1.29, 1.82) is 0 Å². The van der Waals surface area contributed by atoms with E-state index in [0.29, 0.717) is 22.0 Å². The Balaban J connectivity index is 1.54. The number of hydrogen-bond donors (Lipinski definition) is 2. The molecule has 188 valence electrons. The Labute approximate surface area is 222 Å². The van der Waals surface area contributed by atoms with Gasteiger partial charge in [0.2, 0.25) is 0 Å². The van der Waals surface area contributed by atoms with Crippen molar-refractivity contribution in [1.82, 2.24) is 0 Å². The predicted octanol–water partition coefficient (Wildman–Crippen LogP) is 5.51. The summed E-state index contributed by atoms with van der Waals surface area (Å²) in [5.74, 6) is -2.41. The SMILES string of the molecule is CCOC(=O)c1cccc(N2C(=O)C(Cl)=C(Nc3cccc(C(=O)Nc4ccc(Cl)cc4C)c3)C2=O)c1. The van der Waals surface area contributed by atoms with Gasteiger partial charge in [0.1, 0.15) is 10.7 Å². The van der Waals surface area contributed by atoms with Gasteiger partial charge in [-0.3, -0.25) is 14.4 Å². The average Bonchev–Trinajstić information content (AvgIpc) is 3.09. The van der Waals surface area contributed by atoms with Crippen molar-refractivity contribution in [2.75, 3.05) is 22.1 Å². The molecule has 0 atom stereocenters. The summed E-state index contributed by atoms with van der Waals surface area (Å²) >= 11 is 12.2. The van der Waals surface area contributed by atoms with Crippen LogP contribution in [-0.4, -0.2) is 30.3 Å². The molecule has 0 aliphatic carbocycles. The van der Waals surface area contributed by atoms with Gasteiger partial charge in [0.25, 0.3) is 17.7 Å². The second kappa shape index (κ2) is 10.9. The van der Waals surface area contributed by atoms with Crippen LogP contribution in [0.3, 0.4) is 0 Å². The maximum Gasteiger partial charge on any atom is 0.338 e. The lowest BCUT2D eigenvalue weighted by Gasteiger charge is -2.16. The molecule has 0 bridgehead atoms. The summed E-state index contributed by atoms with van der Waals surface area (Å²) in [6.07, 6.45) is 0. The predicted molar refractivity (Wildman–Crippen MR) is 142 cm³/mol. The lowest BCUT2D eigenvalue weighted by Crippen LogP contribution is -2.32. The Kier molecular flexibility index (Phi) is 7.61. The first-order valence-electron chi connectivity index (χ1n) is 11.2. The van der Waals surface area contributed by atoms with Crippen LogP contribution in [0.1, 0.15) is 33.2 Å². The molecule has 0 unspecified atom stereocenters. The zero-order valence-electron chi connectivity index (χ0n) is 19.8. The Morgan fingerprint density at radius 2 is 1.65 bits per heavy atom. The molecule has 4 rings (SSSR count). The maximum absolute atomic E-state index is 13.2. The van der Waals surface area contributed by atoms with Crippen LogP contribution in [0.25, 0.3) is 0 Å². The average molecular weight is 538 g/mol. The second-order valence-electron chi connectivity index (χ2n) is 8.02. The van der Waals surface area contributed by atoms with E-state index in [2.05, 4.69) is 10.6 Å². The van der Waals surface area contributed by atoms with Gasteiger partial charge in [-0.2, -0.15) is 0 Å². The Morgan fingerprint density at radius 1 is 0.919 bits per heavy atom. The van der Waals surface area contributed by atoms with Crippen LogP contribution in [0.2, 0.25) is 5.02 Å². The molecule has 10 heteroatoms. The molecular weight excluding hydrogens is 517 g/mol. The van der Waals surface area contributed by atoms with E-state index in [-0.39, 0.29) is 34.5 Å². The molecule has 1 aliphatic rings. The van der Waals surface area contributed by atoms with Crippen molar-refractivity contribution in [3.8, 4) is 0 Å². The number of esters is 1. The van der Waals surface area contributed by atoms with Crippen molar-refractivity contribution < 1.29 is 23.9 Å². The van der Waals surface area contributed by atoms with E-state index >= 15 is 0 Å². The van der Waals surface area contributed by atoms with Crippen LogP contribution >= 0.6 is 23.2 Å². The fourth-order valence-corrected chi connectivity index (χ4v) is 4.12. The van der Waals surface area contributed by atoms with Gasteiger partial charge in [0.05, 0.1) is 17.9 Å². The van der Waals surface area contributed by atoms with Crippen LogP contribution < -0.4 is 15.5 Å². The third-order valence-corrected chi connectivity index (χ3v) is 6.06. The summed E-state index contributed by atoms with van der Waals surface area (Å²) in [5, 5.41) is 5.91. The standard InChI is InChI=1S/C27H21Cl2N3O5/c1-3-37-27(36)17-7-5-9-20(14-17)32-25(34)22(29)23(26(32)35)30-19-8-4-6-16(13-19)24(33)31-21-11-10-18(28)12-15(21)2/h4-14,30H,3H2,1-2H3,(H,31,33). The number of nitrogens with one attached hydrogen (secondary N) is 2. The molecule has 0 saturated carbocycles. The number of imide groups is 1. The third kappa shape index (κ3) is 5.50. The molecule has 3 amide bonds. The zero-order valence-corrected chi connectivity index (χ0v) is 21.3. The molecule has 8 nitrogen and oxygen atoms in total. The number of rotatable bonds is 7. The van der Waals surface area contributed by atoms with Gasteiger partial charge in [-0.25, -0.2) is 9.69 Å². The number of ether oxygens (including phenoxy) is 1. The number of aryl methyl sites for hydroxylation is 1. The maximum atomic E-state index is 13.2.